The average Bonchev–Trinajstić information content (AvgIpc) is 2.74. The Hall–Kier alpha value is -2.29. The molecule has 0 spiro atoms. The van der Waals surface area contributed by atoms with Gasteiger partial charge >= 0.3 is 5.97 Å². The minimum atomic E-state index is -1.22. The molecule has 1 heterocycles. The van der Waals surface area contributed by atoms with E-state index in [2.05, 4.69) is 31.6 Å². The standard InChI is InChI=1S/C12H10BrFN4O3/c1-6-11(12(20)21)16-17-18(6)5-10(19)15-9-3-2-7(13)4-8(9)14/h2-4H,5H2,1H3,(H,15,19)(H,20,21). The van der Waals surface area contributed by atoms with Gasteiger partial charge in [0, 0.05) is 4.47 Å². The molecule has 2 rings (SSSR count). The Bertz CT molecular complexity index is 717. The molecule has 9 heteroatoms. The largest absolute Gasteiger partial charge is 0.476 e. The summed E-state index contributed by atoms with van der Waals surface area (Å²) in [6.45, 7) is 1.22. The van der Waals surface area contributed by atoms with E-state index >= 15 is 0 Å². The summed E-state index contributed by atoms with van der Waals surface area (Å²) in [5.74, 6) is -2.35. The highest BCUT2D eigenvalue weighted by Crippen LogP contribution is 2.19. The topological polar surface area (TPSA) is 97.1 Å². The molecule has 0 bridgehead atoms. The molecule has 1 aromatic carbocycles. The molecule has 21 heavy (non-hydrogen) atoms. The number of amides is 1. The fourth-order valence-corrected chi connectivity index (χ4v) is 1.96. The molecule has 0 aliphatic carbocycles. The second-order valence-electron chi connectivity index (χ2n) is 4.16. The van der Waals surface area contributed by atoms with Crippen LogP contribution in [0.15, 0.2) is 22.7 Å². The molecule has 0 radical (unpaired) electrons. The van der Waals surface area contributed by atoms with Crippen LogP contribution in [0.25, 0.3) is 0 Å². The summed E-state index contributed by atoms with van der Waals surface area (Å²) in [5.41, 5.74) is 0.0472. The van der Waals surface area contributed by atoms with Crippen molar-refractivity contribution in [3.63, 3.8) is 0 Å². The van der Waals surface area contributed by atoms with E-state index in [1.165, 1.54) is 19.1 Å². The summed E-state index contributed by atoms with van der Waals surface area (Å²) >= 11 is 3.11. The fraction of sp³-hybridized carbons (Fsp3) is 0.167. The Morgan fingerprint density at radius 2 is 2.19 bits per heavy atom. The first-order valence-electron chi connectivity index (χ1n) is 5.76. The summed E-state index contributed by atoms with van der Waals surface area (Å²) in [4.78, 5) is 22.6. The third-order valence-corrected chi connectivity index (χ3v) is 3.18. The van der Waals surface area contributed by atoms with Crippen molar-refractivity contribution in [3.8, 4) is 0 Å². The van der Waals surface area contributed by atoms with Gasteiger partial charge in [-0.3, -0.25) is 4.79 Å². The number of rotatable bonds is 4. The van der Waals surface area contributed by atoms with Gasteiger partial charge in [-0.2, -0.15) is 0 Å². The van der Waals surface area contributed by atoms with E-state index in [1.54, 1.807) is 6.07 Å². The number of benzene rings is 1. The van der Waals surface area contributed by atoms with Crippen LogP contribution in [0.5, 0.6) is 0 Å². The molecule has 0 aliphatic heterocycles. The number of carbonyl (C=O) groups is 2. The predicted octanol–water partition coefficient (Wildman–Crippen LogP) is 1.83. The second-order valence-corrected chi connectivity index (χ2v) is 5.07. The highest BCUT2D eigenvalue weighted by molar-refractivity contribution is 9.10. The molecule has 2 aromatic rings. The summed E-state index contributed by atoms with van der Waals surface area (Å²) in [5, 5.41) is 18.3. The van der Waals surface area contributed by atoms with E-state index in [1.807, 2.05) is 0 Å². The van der Waals surface area contributed by atoms with Crippen LogP contribution in [0.1, 0.15) is 16.2 Å². The molecule has 2 N–H and O–H groups in total. The van der Waals surface area contributed by atoms with Gasteiger partial charge in [-0.1, -0.05) is 21.1 Å². The number of hydrogen-bond donors (Lipinski definition) is 2. The summed E-state index contributed by atoms with van der Waals surface area (Å²) in [7, 11) is 0. The zero-order chi connectivity index (χ0) is 15.6. The first-order chi connectivity index (χ1) is 9.88. The molecule has 110 valence electrons. The van der Waals surface area contributed by atoms with Crippen LogP contribution >= 0.6 is 15.9 Å². The monoisotopic (exact) mass is 356 g/mol. The number of anilines is 1. The third kappa shape index (κ3) is 3.43. The lowest BCUT2D eigenvalue weighted by atomic mass is 10.3. The van der Waals surface area contributed by atoms with E-state index in [9.17, 15) is 14.0 Å². The maximum absolute atomic E-state index is 13.6. The van der Waals surface area contributed by atoms with Crippen LogP contribution in [0, 0.1) is 12.7 Å². The number of carboxylic acid groups (broad SMARTS) is 1. The van der Waals surface area contributed by atoms with Crippen LogP contribution in [0.3, 0.4) is 0 Å². The molecule has 1 aromatic heterocycles. The number of nitrogens with one attached hydrogen (secondary N) is 1. The first-order valence-corrected chi connectivity index (χ1v) is 6.56. The van der Waals surface area contributed by atoms with Gasteiger partial charge in [-0.05, 0) is 25.1 Å². The lowest BCUT2D eigenvalue weighted by molar-refractivity contribution is -0.117. The molecule has 0 atom stereocenters. The van der Waals surface area contributed by atoms with E-state index in [4.69, 9.17) is 5.11 Å². The Balaban J connectivity index is 2.10. The predicted molar refractivity (Wildman–Crippen MR) is 74.4 cm³/mol. The number of nitrogens with zero attached hydrogens (tertiary/aromatic N) is 3. The van der Waals surface area contributed by atoms with Crippen LogP contribution in [-0.4, -0.2) is 32.0 Å². The lowest BCUT2D eigenvalue weighted by Crippen LogP contribution is -2.21. The Kier molecular flexibility index (Phi) is 4.32. The molecule has 1 amide bonds. The number of halogens is 2. The van der Waals surface area contributed by atoms with Gasteiger partial charge in [-0.25, -0.2) is 13.9 Å². The molecule has 0 unspecified atom stereocenters. The SMILES string of the molecule is Cc1c(C(=O)O)nnn1CC(=O)Nc1ccc(Br)cc1F. The number of carboxylic acids is 1. The van der Waals surface area contributed by atoms with Gasteiger partial charge in [0.2, 0.25) is 5.91 Å². The maximum Gasteiger partial charge on any atom is 0.358 e. The molecule has 0 aliphatic rings. The zero-order valence-corrected chi connectivity index (χ0v) is 12.4. The minimum absolute atomic E-state index is 0.0272. The Morgan fingerprint density at radius 3 is 2.76 bits per heavy atom. The van der Waals surface area contributed by atoms with Crippen LogP contribution in [0.4, 0.5) is 10.1 Å². The van der Waals surface area contributed by atoms with Gasteiger partial charge in [0.05, 0.1) is 11.4 Å². The molecule has 0 saturated carbocycles. The van der Waals surface area contributed by atoms with Crippen molar-refractivity contribution >= 4 is 33.5 Å². The van der Waals surface area contributed by atoms with E-state index < -0.39 is 17.7 Å². The van der Waals surface area contributed by atoms with Crippen molar-refractivity contribution in [1.82, 2.24) is 15.0 Å². The van der Waals surface area contributed by atoms with Gasteiger partial charge in [0.25, 0.3) is 0 Å². The fourth-order valence-electron chi connectivity index (χ4n) is 1.62. The highest BCUT2D eigenvalue weighted by atomic mass is 79.9. The molecular formula is C12H10BrFN4O3. The van der Waals surface area contributed by atoms with Crippen LogP contribution < -0.4 is 5.32 Å². The van der Waals surface area contributed by atoms with Crippen molar-refractivity contribution in [3.05, 3.63) is 39.9 Å². The molecule has 7 nitrogen and oxygen atoms in total. The van der Waals surface area contributed by atoms with Gasteiger partial charge in [0.15, 0.2) is 5.69 Å². The van der Waals surface area contributed by atoms with E-state index in [0.717, 1.165) is 4.68 Å². The lowest BCUT2D eigenvalue weighted by Gasteiger charge is -2.07. The van der Waals surface area contributed by atoms with Crippen molar-refractivity contribution in [2.75, 3.05) is 5.32 Å². The summed E-state index contributed by atoms with van der Waals surface area (Å²) in [6.07, 6.45) is 0. The van der Waals surface area contributed by atoms with Crippen molar-refractivity contribution in [2.24, 2.45) is 0 Å². The third-order valence-electron chi connectivity index (χ3n) is 2.68. The number of hydrogen-bond acceptors (Lipinski definition) is 4. The number of aromatic nitrogens is 3. The Labute approximate surface area is 126 Å². The highest BCUT2D eigenvalue weighted by Gasteiger charge is 2.17. The quantitative estimate of drug-likeness (QED) is 0.870. The van der Waals surface area contributed by atoms with Crippen molar-refractivity contribution in [1.29, 1.82) is 0 Å². The maximum atomic E-state index is 13.6. The van der Waals surface area contributed by atoms with Gasteiger partial charge < -0.3 is 10.4 Å². The van der Waals surface area contributed by atoms with Gasteiger partial charge in [0.1, 0.15) is 12.4 Å². The van der Waals surface area contributed by atoms with Crippen molar-refractivity contribution < 1.29 is 19.1 Å². The normalized spacial score (nSPS) is 10.4. The van der Waals surface area contributed by atoms with Crippen molar-refractivity contribution in [2.45, 2.75) is 13.5 Å². The van der Waals surface area contributed by atoms with E-state index in [0.29, 0.717) is 4.47 Å². The Morgan fingerprint density at radius 1 is 1.48 bits per heavy atom. The average molecular weight is 357 g/mol. The molecule has 0 fully saturated rings. The first kappa shape index (κ1) is 15.1. The minimum Gasteiger partial charge on any atom is -0.476 e. The molecular weight excluding hydrogens is 347 g/mol. The van der Waals surface area contributed by atoms with Gasteiger partial charge in [-0.15, -0.1) is 5.10 Å². The number of aromatic carboxylic acids is 1. The number of carbonyl (C=O) groups excluding carboxylic acids is 1. The summed E-state index contributed by atoms with van der Waals surface area (Å²) < 4.78 is 15.3. The van der Waals surface area contributed by atoms with Crippen LogP contribution in [0.2, 0.25) is 0 Å². The zero-order valence-electron chi connectivity index (χ0n) is 10.8. The van der Waals surface area contributed by atoms with E-state index in [-0.39, 0.29) is 23.6 Å². The summed E-state index contributed by atoms with van der Waals surface area (Å²) in [6, 6.07) is 4.22. The smallest absolute Gasteiger partial charge is 0.358 e. The second kappa shape index (κ2) is 6.00. The molecule has 0 saturated heterocycles. The van der Waals surface area contributed by atoms with Crippen LogP contribution in [-0.2, 0) is 11.3 Å².